The molecule has 0 radical (unpaired) electrons. The molecule has 1 saturated heterocycles. The molecule has 45 heavy (non-hydrogen) atoms. The summed E-state index contributed by atoms with van der Waals surface area (Å²) in [5, 5.41) is 11.2. The number of fused-ring (bicyclic) bond motifs is 2. The van der Waals surface area contributed by atoms with E-state index in [2.05, 4.69) is 30.6 Å². The Bertz CT molecular complexity index is 1770. The van der Waals surface area contributed by atoms with E-state index in [0.29, 0.717) is 28.2 Å². The highest BCUT2D eigenvalue weighted by atomic mass is 16.6. The van der Waals surface area contributed by atoms with Crippen molar-refractivity contribution in [2.75, 3.05) is 23.3 Å². The second-order valence-corrected chi connectivity index (χ2v) is 13.1. The zero-order chi connectivity index (χ0) is 32.0. The first-order valence-electron chi connectivity index (χ1n) is 15.5. The van der Waals surface area contributed by atoms with E-state index < -0.39 is 5.60 Å². The Morgan fingerprint density at radius 2 is 1.73 bits per heavy atom. The highest BCUT2D eigenvalue weighted by Gasteiger charge is 2.41. The van der Waals surface area contributed by atoms with Crippen LogP contribution in [0.4, 0.5) is 16.3 Å². The number of rotatable bonds is 7. The zero-order valence-corrected chi connectivity index (χ0v) is 26.8. The van der Waals surface area contributed by atoms with E-state index in [1.807, 2.05) is 64.2 Å². The lowest BCUT2D eigenvalue weighted by molar-refractivity contribution is -0.119. The van der Waals surface area contributed by atoms with Crippen LogP contribution in [0.15, 0.2) is 30.7 Å². The number of aromatic nitrogens is 5. The third kappa shape index (κ3) is 6.57. The minimum atomic E-state index is -0.525. The molecule has 13 nitrogen and oxygen atoms in total. The molecule has 13 heteroatoms. The van der Waals surface area contributed by atoms with Crippen molar-refractivity contribution in [2.24, 2.45) is 7.05 Å². The average Bonchev–Trinajstić information content (AvgIpc) is 3.57. The van der Waals surface area contributed by atoms with Gasteiger partial charge in [0.05, 0.1) is 24.0 Å². The van der Waals surface area contributed by atoms with Gasteiger partial charge in [-0.1, -0.05) is 0 Å². The van der Waals surface area contributed by atoms with E-state index in [1.165, 1.54) is 6.92 Å². The summed E-state index contributed by atoms with van der Waals surface area (Å²) in [6, 6.07) is 4.21. The first-order valence-corrected chi connectivity index (χ1v) is 15.5. The first-order chi connectivity index (χ1) is 21.4. The number of aryl methyl sites for hydroxylation is 2. The van der Waals surface area contributed by atoms with Crippen LogP contribution in [-0.4, -0.2) is 77.7 Å². The Morgan fingerprint density at radius 1 is 1.02 bits per heavy atom. The molecule has 4 heterocycles. The summed E-state index contributed by atoms with van der Waals surface area (Å²) < 4.78 is 9.27. The Kier molecular flexibility index (Phi) is 7.88. The number of amides is 3. The van der Waals surface area contributed by atoms with E-state index >= 15 is 0 Å². The molecule has 3 aromatic heterocycles. The normalized spacial score (nSPS) is 15.8. The molecule has 6 rings (SSSR count). The van der Waals surface area contributed by atoms with Gasteiger partial charge in [-0.3, -0.25) is 19.3 Å². The number of carbonyl (C=O) groups excluding carboxylic acids is 3. The molecule has 0 atom stereocenters. The maximum atomic E-state index is 13.6. The van der Waals surface area contributed by atoms with Crippen molar-refractivity contribution < 1.29 is 19.1 Å². The largest absolute Gasteiger partial charge is 0.444 e. The summed E-state index contributed by atoms with van der Waals surface area (Å²) in [6.07, 6.45) is 9.02. The molecule has 1 aliphatic carbocycles. The number of ether oxygens (including phenoxy) is 1. The molecule has 1 aromatic carbocycles. The van der Waals surface area contributed by atoms with Gasteiger partial charge < -0.3 is 29.6 Å². The van der Waals surface area contributed by atoms with Gasteiger partial charge in [0.25, 0.3) is 5.91 Å². The molecular formula is C32H41N9O4. The number of carbonyl (C=O) groups is 3. The molecule has 0 unspecified atom stereocenters. The van der Waals surface area contributed by atoms with Gasteiger partial charge in [0.2, 0.25) is 5.91 Å². The SMILES string of the molecule is CC(=O)NCc1nc(C)cn2cc(NC(=O)c3ccc(N4CCC(N(C(=O)OC(C)(C)C)C5CC5)CC4)c4cn(C)nc34)nc12. The van der Waals surface area contributed by atoms with Crippen LogP contribution in [0.25, 0.3) is 16.6 Å². The third-order valence-electron chi connectivity index (χ3n) is 8.13. The van der Waals surface area contributed by atoms with E-state index in [1.54, 1.807) is 15.3 Å². The lowest BCUT2D eigenvalue weighted by Crippen LogP contribution is -2.50. The maximum Gasteiger partial charge on any atom is 0.410 e. The Labute approximate surface area is 261 Å². The van der Waals surface area contributed by atoms with Crippen molar-refractivity contribution in [3.8, 4) is 0 Å². The van der Waals surface area contributed by atoms with E-state index in [0.717, 1.165) is 55.5 Å². The van der Waals surface area contributed by atoms with Gasteiger partial charge in [0.1, 0.15) is 16.8 Å². The lowest BCUT2D eigenvalue weighted by atomic mass is 10.0. The zero-order valence-electron chi connectivity index (χ0n) is 26.8. The van der Waals surface area contributed by atoms with E-state index in [9.17, 15) is 14.4 Å². The van der Waals surface area contributed by atoms with Crippen LogP contribution in [0.2, 0.25) is 0 Å². The fourth-order valence-corrected chi connectivity index (χ4v) is 6.08. The van der Waals surface area contributed by atoms with Crippen molar-refractivity contribution in [3.05, 3.63) is 47.7 Å². The van der Waals surface area contributed by atoms with Crippen LogP contribution in [-0.2, 0) is 23.1 Å². The maximum absolute atomic E-state index is 13.6. The van der Waals surface area contributed by atoms with E-state index in [-0.39, 0.29) is 36.5 Å². The van der Waals surface area contributed by atoms with Crippen LogP contribution in [0.3, 0.4) is 0 Å². The quantitative estimate of drug-likeness (QED) is 0.316. The topological polar surface area (TPSA) is 139 Å². The van der Waals surface area contributed by atoms with Crippen LogP contribution in [0, 0.1) is 6.92 Å². The van der Waals surface area contributed by atoms with Crippen LogP contribution in [0.1, 0.15) is 75.1 Å². The molecule has 2 aliphatic rings. The van der Waals surface area contributed by atoms with Gasteiger partial charge in [-0.15, -0.1) is 0 Å². The summed E-state index contributed by atoms with van der Waals surface area (Å²) in [7, 11) is 1.85. The molecule has 1 saturated carbocycles. The second-order valence-electron chi connectivity index (χ2n) is 13.1. The van der Waals surface area contributed by atoms with Crippen molar-refractivity contribution in [2.45, 2.75) is 84.5 Å². The average molecular weight is 616 g/mol. The fraction of sp³-hybridized carbons (Fsp3) is 0.500. The monoisotopic (exact) mass is 615 g/mol. The van der Waals surface area contributed by atoms with Gasteiger partial charge in [0.15, 0.2) is 11.5 Å². The lowest BCUT2D eigenvalue weighted by Gasteiger charge is -2.40. The van der Waals surface area contributed by atoms with Crippen molar-refractivity contribution >= 4 is 46.0 Å². The molecule has 3 amide bonds. The molecule has 2 fully saturated rings. The Balaban J connectivity index is 1.19. The number of anilines is 2. The number of hydrogen-bond acceptors (Lipinski definition) is 8. The summed E-state index contributed by atoms with van der Waals surface area (Å²) in [4.78, 5) is 51.5. The predicted molar refractivity (Wildman–Crippen MR) is 170 cm³/mol. The van der Waals surface area contributed by atoms with E-state index in [4.69, 9.17) is 4.74 Å². The molecule has 0 bridgehead atoms. The summed E-state index contributed by atoms with van der Waals surface area (Å²) in [6.45, 7) is 10.8. The van der Waals surface area contributed by atoms with Crippen molar-refractivity contribution in [1.82, 2.24) is 34.4 Å². The van der Waals surface area contributed by atoms with Crippen LogP contribution < -0.4 is 15.5 Å². The number of nitrogens with one attached hydrogen (secondary N) is 2. The number of imidazole rings is 1. The van der Waals surface area contributed by atoms with Gasteiger partial charge in [-0.2, -0.15) is 5.10 Å². The number of benzene rings is 1. The molecule has 2 N–H and O–H groups in total. The van der Waals surface area contributed by atoms with Crippen molar-refractivity contribution in [1.29, 1.82) is 0 Å². The smallest absolute Gasteiger partial charge is 0.410 e. The minimum Gasteiger partial charge on any atom is -0.444 e. The van der Waals surface area contributed by atoms with Gasteiger partial charge in [0, 0.05) is 62.6 Å². The van der Waals surface area contributed by atoms with Gasteiger partial charge in [-0.25, -0.2) is 9.78 Å². The summed E-state index contributed by atoms with van der Waals surface area (Å²) in [5.41, 5.74) is 3.46. The first kappa shape index (κ1) is 30.4. The third-order valence-corrected chi connectivity index (χ3v) is 8.13. The Hall–Kier alpha value is -4.68. The van der Waals surface area contributed by atoms with Crippen LogP contribution >= 0.6 is 0 Å². The predicted octanol–water partition coefficient (Wildman–Crippen LogP) is 4.18. The molecule has 1 aliphatic heterocycles. The van der Waals surface area contributed by atoms with Gasteiger partial charge >= 0.3 is 6.09 Å². The Morgan fingerprint density at radius 3 is 2.40 bits per heavy atom. The van der Waals surface area contributed by atoms with Crippen LogP contribution in [0.5, 0.6) is 0 Å². The summed E-state index contributed by atoms with van der Waals surface area (Å²) in [5.74, 6) is -0.112. The standard InChI is InChI=1S/C32H41N9O4/c1-19-16-40-18-27(35-29(40)25(34-19)15-33-20(2)42)36-30(43)23-9-10-26(24-17-38(6)37-28(23)24)39-13-11-22(12-14-39)41(21-7-8-21)31(44)45-32(3,4)5/h9-10,16-18,21-22H,7-8,11-15H2,1-6H3,(H,33,42)(H,36,43). The highest BCUT2D eigenvalue weighted by Crippen LogP contribution is 2.36. The highest BCUT2D eigenvalue weighted by molar-refractivity contribution is 6.13. The molecule has 238 valence electrons. The van der Waals surface area contributed by atoms with Gasteiger partial charge in [-0.05, 0) is 65.5 Å². The second kappa shape index (κ2) is 11.7. The molecule has 4 aromatic rings. The molecular weight excluding hydrogens is 574 g/mol. The number of piperidine rings is 1. The summed E-state index contributed by atoms with van der Waals surface area (Å²) >= 11 is 0. The number of hydrogen-bond donors (Lipinski definition) is 2. The fourth-order valence-electron chi connectivity index (χ4n) is 6.08. The number of nitrogens with zero attached hydrogens (tertiary/aromatic N) is 7. The molecule has 0 spiro atoms. The van der Waals surface area contributed by atoms with Crippen molar-refractivity contribution in [3.63, 3.8) is 0 Å². The minimum absolute atomic E-state index is 0.140.